The van der Waals surface area contributed by atoms with E-state index in [1.807, 2.05) is 13.0 Å². The van der Waals surface area contributed by atoms with Gasteiger partial charge in [-0.3, -0.25) is 9.69 Å². The quantitative estimate of drug-likeness (QED) is 0.240. The van der Waals surface area contributed by atoms with Gasteiger partial charge in [0.25, 0.3) is 5.91 Å². The van der Waals surface area contributed by atoms with Crippen molar-refractivity contribution in [2.45, 2.75) is 20.5 Å². The number of carbonyl (C=O) groups excluding carboxylic acids is 2. The van der Waals surface area contributed by atoms with Crippen molar-refractivity contribution in [2.24, 2.45) is 4.99 Å². The lowest BCUT2D eigenvalue weighted by Gasteiger charge is -2.13. The van der Waals surface area contributed by atoms with Gasteiger partial charge in [-0.05, 0) is 79.7 Å². The Bertz CT molecular complexity index is 1390. The van der Waals surface area contributed by atoms with Crippen LogP contribution >= 0.6 is 11.8 Å². The molecule has 3 aromatic rings. The van der Waals surface area contributed by atoms with E-state index in [0.717, 1.165) is 5.56 Å². The molecule has 0 saturated carbocycles. The summed E-state index contributed by atoms with van der Waals surface area (Å²) < 4.78 is 30.5. The fourth-order valence-corrected chi connectivity index (χ4v) is 4.56. The van der Waals surface area contributed by atoms with E-state index in [2.05, 4.69) is 4.99 Å². The van der Waals surface area contributed by atoms with Gasteiger partial charge in [-0.15, -0.1) is 0 Å². The maximum atomic E-state index is 14.0. The van der Waals surface area contributed by atoms with E-state index in [1.54, 1.807) is 74.6 Å². The first-order valence-corrected chi connectivity index (χ1v) is 12.9. The van der Waals surface area contributed by atoms with Gasteiger partial charge < -0.3 is 14.2 Å². The molecule has 4 rings (SSSR count). The van der Waals surface area contributed by atoms with Crippen molar-refractivity contribution in [3.8, 4) is 11.5 Å². The second-order valence-corrected chi connectivity index (χ2v) is 9.16. The number of aliphatic imine (C=N–C) groups is 1. The summed E-state index contributed by atoms with van der Waals surface area (Å²) in [5.74, 6) is 0.0650. The first kappa shape index (κ1) is 26.9. The van der Waals surface area contributed by atoms with Gasteiger partial charge in [0.2, 0.25) is 0 Å². The van der Waals surface area contributed by atoms with Gasteiger partial charge in [0.05, 0.1) is 29.4 Å². The van der Waals surface area contributed by atoms with Gasteiger partial charge in [0.15, 0.2) is 16.7 Å². The van der Waals surface area contributed by atoms with E-state index >= 15 is 0 Å². The average molecular weight is 535 g/mol. The zero-order valence-corrected chi connectivity index (χ0v) is 22.1. The number of benzene rings is 3. The molecule has 0 spiro atoms. The van der Waals surface area contributed by atoms with Crippen LogP contribution in [0.25, 0.3) is 6.08 Å². The second kappa shape index (κ2) is 12.4. The number of rotatable bonds is 9. The standard InChI is InChI=1S/C29H27FN2O5S/c1-4-35-25-16-19(10-15-24(25)37-18-21-8-6-7-9-23(21)30)17-26-27(33)32(3)29(38-26)31-22-13-11-20(12-14-22)28(34)36-5-2/h6-17H,4-5,18H2,1-3H3/b26-17-,31-29?. The summed E-state index contributed by atoms with van der Waals surface area (Å²) in [7, 11) is 1.66. The molecule has 1 heterocycles. The van der Waals surface area contributed by atoms with Crippen LogP contribution < -0.4 is 9.47 Å². The molecule has 0 aliphatic carbocycles. The van der Waals surface area contributed by atoms with Crippen LogP contribution in [0.1, 0.15) is 35.3 Å². The molecule has 196 valence electrons. The normalized spacial score (nSPS) is 15.3. The molecule has 1 aliphatic rings. The molecular formula is C29H27FN2O5S. The number of amides is 1. The predicted molar refractivity (Wildman–Crippen MR) is 146 cm³/mol. The third kappa shape index (κ3) is 6.41. The number of amidine groups is 1. The number of hydrogen-bond acceptors (Lipinski definition) is 7. The van der Waals surface area contributed by atoms with Crippen molar-refractivity contribution < 1.29 is 28.2 Å². The number of ether oxygens (including phenoxy) is 3. The van der Waals surface area contributed by atoms with E-state index in [1.165, 1.54) is 22.7 Å². The van der Waals surface area contributed by atoms with Crippen LogP contribution in [0.15, 0.2) is 76.6 Å². The molecule has 9 heteroatoms. The summed E-state index contributed by atoms with van der Waals surface area (Å²) in [4.78, 5) is 31.3. The van der Waals surface area contributed by atoms with Crippen molar-refractivity contribution in [3.05, 3.63) is 94.1 Å². The number of halogens is 1. The summed E-state index contributed by atoms with van der Waals surface area (Å²) in [6, 6.07) is 18.5. The van der Waals surface area contributed by atoms with Gasteiger partial charge in [0, 0.05) is 12.6 Å². The molecule has 1 aliphatic heterocycles. The van der Waals surface area contributed by atoms with Gasteiger partial charge in [-0.1, -0.05) is 24.3 Å². The van der Waals surface area contributed by atoms with Crippen molar-refractivity contribution in [1.82, 2.24) is 4.90 Å². The van der Waals surface area contributed by atoms with Crippen molar-refractivity contribution >= 4 is 40.6 Å². The molecule has 1 amide bonds. The Kier molecular flexibility index (Phi) is 8.81. The van der Waals surface area contributed by atoms with E-state index in [0.29, 0.717) is 51.6 Å². The maximum Gasteiger partial charge on any atom is 0.338 e. The van der Waals surface area contributed by atoms with E-state index in [4.69, 9.17) is 14.2 Å². The minimum Gasteiger partial charge on any atom is -0.490 e. The Balaban J connectivity index is 1.51. The summed E-state index contributed by atoms with van der Waals surface area (Å²) in [6.07, 6.45) is 1.76. The lowest BCUT2D eigenvalue weighted by atomic mass is 10.1. The molecule has 38 heavy (non-hydrogen) atoms. The molecule has 3 aromatic carbocycles. The predicted octanol–water partition coefficient (Wildman–Crippen LogP) is 6.21. The highest BCUT2D eigenvalue weighted by Crippen LogP contribution is 2.35. The maximum absolute atomic E-state index is 14.0. The fraction of sp³-hybridized carbons (Fsp3) is 0.207. The Hall–Kier alpha value is -4.11. The third-order valence-corrected chi connectivity index (χ3v) is 6.57. The zero-order chi connectivity index (χ0) is 27.1. The molecule has 0 radical (unpaired) electrons. The van der Waals surface area contributed by atoms with Crippen molar-refractivity contribution in [2.75, 3.05) is 20.3 Å². The highest BCUT2D eigenvalue weighted by Gasteiger charge is 2.30. The molecule has 1 saturated heterocycles. The van der Waals surface area contributed by atoms with Crippen LogP contribution in [0.3, 0.4) is 0 Å². The second-order valence-electron chi connectivity index (χ2n) is 8.16. The molecule has 1 fully saturated rings. The minimum absolute atomic E-state index is 0.0624. The van der Waals surface area contributed by atoms with Crippen molar-refractivity contribution in [3.63, 3.8) is 0 Å². The molecular weight excluding hydrogens is 507 g/mol. The smallest absolute Gasteiger partial charge is 0.338 e. The highest BCUT2D eigenvalue weighted by atomic mass is 32.2. The van der Waals surface area contributed by atoms with Crippen molar-refractivity contribution in [1.29, 1.82) is 0 Å². The first-order valence-electron chi connectivity index (χ1n) is 12.1. The van der Waals surface area contributed by atoms with Gasteiger partial charge in [-0.25, -0.2) is 14.2 Å². The number of thioether (sulfide) groups is 1. The summed E-state index contributed by atoms with van der Waals surface area (Å²) >= 11 is 1.25. The number of hydrogen-bond donors (Lipinski definition) is 0. The number of nitrogens with zero attached hydrogens (tertiary/aromatic N) is 2. The van der Waals surface area contributed by atoms with E-state index in [-0.39, 0.29) is 18.3 Å². The monoisotopic (exact) mass is 534 g/mol. The Labute approximate surface area is 224 Å². The van der Waals surface area contributed by atoms with Crippen LogP contribution in [0.2, 0.25) is 0 Å². The van der Waals surface area contributed by atoms with Crippen LogP contribution in [0.5, 0.6) is 11.5 Å². The molecule has 0 aromatic heterocycles. The minimum atomic E-state index is -0.394. The zero-order valence-electron chi connectivity index (χ0n) is 21.3. The van der Waals surface area contributed by atoms with Gasteiger partial charge in [0.1, 0.15) is 12.4 Å². The SMILES string of the molecule is CCOC(=O)c1ccc(N=C2S/C(=C\c3ccc(OCc4ccccc4F)c(OCC)c3)C(=O)N2C)cc1. The van der Waals surface area contributed by atoms with Crippen LogP contribution in [-0.4, -0.2) is 42.2 Å². The van der Waals surface area contributed by atoms with Crippen LogP contribution in [0.4, 0.5) is 10.1 Å². The lowest BCUT2D eigenvalue weighted by Crippen LogP contribution is -2.23. The first-order chi connectivity index (χ1) is 18.4. The highest BCUT2D eigenvalue weighted by molar-refractivity contribution is 8.18. The molecule has 0 N–H and O–H groups in total. The summed E-state index contributed by atoms with van der Waals surface area (Å²) in [5.41, 5.74) is 2.23. The Morgan fingerprint density at radius 1 is 1.00 bits per heavy atom. The topological polar surface area (TPSA) is 77.4 Å². The van der Waals surface area contributed by atoms with E-state index < -0.39 is 5.97 Å². The Morgan fingerprint density at radius 2 is 1.76 bits per heavy atom. The molecule has 0 bridgehead atoms. The molecule has 0 atom stereocenters. The molecule has 0 unspecified atom stereocenters. The number of esters is 1. The summed E-state index contributed by atoms with van der Waals surface area (Å²) in [6.45, 7) is 4.39. The Morgan fingerprint density at radius 3 is 2.47 bits per heavy atom. The third-order valence-electron chi connectivity index (χ3n) is 5.51. The van der Waals surface area contributed by atoms with Gasteiger partial charge in [-0.2, -0.15) is 0 Å². The lowest BCUT2D eigenvalue weighted by molar-refractivity contribution is -0.121. The number of carbonyl (C=O) groups is 2. The van der Waals surface area contributed by atoms with Crippen LogP contribution in [-0.2, 0) is 16.1 Å². The fourth-order valence-electron chi connectivity index (χ4n) is 3.57. The van der Waals surface area contributed by atoms with Crippen LogP contribution in [0, 0.1) is 5.82 Å². The van der Waals surface area contributed by atoms with E-state index in [9.17, 15) is 14.0 Å². The molecule has 7 nitrogen and oxygen atoms in total. The summed E-state index contributed by atoms with van der Waals surface area (Å²) in [5, 5.41) is 0.514. The van der Waals surface area contributed by atoms with Gasteiger partial charge >= 0.3 is 5.97 Å². The largest absolute Gasteiger partial charge is 0.490 e. The average Bonchev–Trinajstić information content (AvgIpc) is 3.17. The number of likely N-dealkylation sites (N-methyl/N-ethyl adjacent to an activating group) is 1.